The number of likely N-dealkylation sites (tertiary alicyclic amines) is 1. The van der Waals surface area contributed by atoms with Crippen LogP contribution < -0.4 is 10.1 Å². The van der Waals surface area contributed by atoms with E-state index in [0.29, 0.717) is 18.7 Å². The van der Waals surface area contributed by atoms with Crippen molar-refractivity contribution in [3.05, 3.63) is 71.4 Å². The summed E-state index contributed by atoms with van der Waals surface area (Å²) in [5.74, 6) is -0.400. The molecule has 0 aromatic heterocycles. The summed E-state index contributed by atoms with van der Waals surface area (Å²) in [7, 11) is 0. The molecule has 7 heteroatoms. The fourth-order valence-corrected chi connectivity index (χ4v) is 4.37. The lowest BCUT2D eigenvalue weighted by atomic mass is 9.92. The molecule has 5 nitrogen and oxygen atoms in total. The summed E-state index contributed by atoms with van der Waals surface area (Å²) in [6.07, 6.45) is 8.44. The van der Waals surface area contributed by atoms with E-state index in [4.69, 9.17) is 9.84 Å². The minimum atomic E-state index is -2.46. The number of benzene rings is 1. The Hall–Kier alpha value is -2.93. The monoisotopic (exact) mass is 442 g/mol. The normalized spacial score (nSPS) is 23.0. The van der Waals surface area contributed by atoms with Crippen molar-refractivity contribution in [2.24, 2.45) is 5.92 Å². The van der Waals surface area contributed by atoms with E-state index >= 15 is 0 Å². The third-order valence-corrected chi connectivity index (χ3v) is 6.21. The van der Waals surface area contributed by atoms with Gasteiger partial charge in [0.15, 0.2) is 0 Å². The summed E-state index contributed by atoms with van der Waals surface area (Å²) in [5, 5.41) is 12.5. The van der Waals surface area contributed by atoms with E-state index in [9.17, 15) is 13.6 Å². The van der Waals surface area contributed by atoms with E-state index in [1.807, 2.05) is 30.3 Å². The zero-order valence-electron chi connectivity index (χ0n) is 17.8. The highest BCUT2D eigenvalue weighted by molar-refractivity contribution is 5.69. The summed E-state index contributed by atoms with van der Waals surface area (Å²) < 4.78 is 32.1. The third kappa shape index (κ3) is 5.46. The second kappa shape index (κ2) is 10.1. The topological polar surface area (TPSA) is 61.8 Å². The molecule has 1 saturated heterocycles. The Morgan fingerprint density at radius 3 is 2.78 bits per heavy atom. The average molecular weight is 443 g/mol. The second-order valence-electron chi connectivity index (χ2n) is 8.39. The number of halogens is 2. The van der Waals surface area contributed by atoms with Gasteiger partial charge in [0.2, 0.25) is 0 Å². The number of fused-ring (bicyclic) bond motifs is 1. The number of dihydropyridines is 1. The highest BCUT2D eigenvalue weighted by atomic mass is 19.3. The van der Waals surface area contributed by atoms with E-state index in [2.05, 4.69) is 22.4 Å². The Bertz CT molecular complexity index is 950. The van der Waals surface area contributed by atoms with Crippen LogP contribution in [0.25, 0.3) is 5.70 Å². The lowest BCUT2D eigenvalue weighted by molar-refractivity contribution is -0.137. The van der Waals surface area contributed by atoms with Crippen LogP contribution in [-0.2, 0) is 4.79 Å². The van der Waals surface area contributed by atoms with Crippen LogP contribution in [0.5, 0.6) is 5.75 Å². The van der Waals surface area contributed by atoms with Crippen molar-refractivity contribution in [3.63, 3.8) is 0 Å². The molecule has 2 aliphatic heterocycles. The number of carboxylic acid groups (broad SMARTS) is 1. The van der Waals surface area contributed by atoms with Gasteiger partial charge in [-0.2, -0.15) is 0 Å². The Morgan fingerprint density at radius 2 is 2.03 bits per heavy atom. The molecule has 0 amide bonds. The molecule has 0 spiro atoms. The summed E-state index contributed by atoms with van der Waals surface area (Å²) >= 11 is 0. The number of aliphatic carboxylic acids is 1. The minimum Gasteiger partial charge on any atom is -0.493 e. The molecule has 2 N–H and O–H groups in total. The zero-order chi connectivity index (χ0) is 22.5. The maximum atomic E-state index is 13.2. The van der Waals surface area contributed by atoms with E-state index < -0.39 is 12.4 Å². The van der Waals surface area contributed by atoms with Crippen molar-refractivity contribution >= 4 is 11.7 Å². The molecule has 3 aliphatic rings. The van der Waals surface area contributed by atoms with Gasteiger partial charge in [-0.1, -0.05) is 24.3 Å². The largest absolute Gasteiger partial charge is 0.493 e. The molecule has 2 atom stereocenters. The van der Waals surface area contributed by atoms with Crippen LogP contribution in [0.3, 0.4) is 0 Å². The highest BCUT2D eigenvalue weighted by Gasteiger charge is 2.27. The van der Waals surface area contributed by atoms with E-state index in [-0.39, 0.29) is 30.6 Å². The first-order valence-electron chi connectivity index (χ1n) is 11.0. The molecule has 0 radical (unpaired) electrons. The number of nitrogens with zero attached hydrogens (tertiary/aromatic N) is 1. The van der Waals surface area contributed by atoms with Gasteiger partial charge in [0.25, 0.3) is 6.43 Å². The standard InChI is InChI=1S/C25H28F2N2O3/c26-25(27)21-4-2-1-3-19(21)16-32-20-8-5-17(6-9-20)22-10-7-18-15-29(14-12-24(30)31)13-11-23(18)28-22/h1-2,4-10,19,23,25,28H,3,11-16H2,(H,30,31). The Kier molecular flexibility index (Phi) is 7.05. The molecule has 0 bridgehead atoms. The Balaban J connectivity index is 1.34. The molecule has 1 fully saturated rings. The van der Waals surface area contributed by atoms with Crippen LogP contribution >= 0.6 is 0 Å². The first kappa shape index (κ1) is 22.3. The predicted molar refractivity (Wildman–Crippen MR) is 120 cm³/mol. The van der Waals surface area contributed by atoms with E-state index in [0.717, 1.165) is 30.8 Å². The number of carbonyl (C=O) groups is 1. The number of piperidine rings is 1. The SMILES string of the molecule is O=C(O)CCN1CCC2NC(c3ccc(OCC4CC=CC=C4C(F)F)cc3)=CC=C2C1. The van der Waals surface area contributed by atoms with Crippen LogP contribution in [0.1, 0.15) is 24.8 Å². The van der Waals surface area contributed by atoms with E-state index in [1.165, 1.54) is 11.6 Å². The molecule has 2 unspecified atom stereocenters. The van der Waals surface area contributed by atoms with Gasteiger partial charge in [-0.15, -0.1) is 0 Å². The van der Waals surface area contributed by atoms with Crippen molar-refractivity contribution in [3.8, 4) is 5.75 Å². The quantitative estimate of drug-likeness (QED) is 0.630. The molecule has 32 heavy (non-hydrogen) atoms. The number of ether oxygens (including phenoxy) is 1. The molecular formula is C25H28F2N2O3. The van der Waals surface area contributed by atoms with Gasteiger partial charge >= 0.3 is 5.97 Å². The maximum absolute atomic E-state index is 13.2. The zero-order valence-corrected chi connectivity index (χ0v) is 17.8. The molecule has 1 aliphatic carbocycles. The number of hydrogen-bond acceptors (Lipinski definition) is 4. The van der Waals surface area contributed by atoms with Gasteiger partial charge in [0, 0.05) is 36.8 Å². The average Bonchev–Trinajstić information content (AvgIpc) is 2.81. The van der Waals surface area contributed by atoms with Crippen molar-refractivity contribution < 1.29 is 23.4 Å². The summed E-state index contributed by atoms with van der Waals surface area (Å²) in [5.41, 5.74) is 3.48. The maximum Gasteiger partial charge on any atom is 0.304 e. The number of carboxylic acids is 1. The molecule has 2 heterocycles. The molecule has 0 saturated carbocycles. The van der Waals surface area contributed by atoms with E-state index in [1.54, 1.807) is 6.08 Å². The number of hydrogen-bond donors (Lipinski definition) is 2. The van der Waals surface area contributed by atoms with Gasteiger partial charge in [-0.05, 0) is 54.3 Å². The Labute approximate surface area is 186 Å². The first-order chi connectivity index (χ1) is 15.5. The minimum absolute atomic E-state index is 0.136. The van der Waals surface area contributed by atoms with Gasteiger partial charge < -0.3 is 15.2 Å². The summed E-state index contributed by atoms with van der Waals surface area (Å²) in [4.78, 5) is 13.0. The highest BCUT2D eigenvalue weighted by Crippen LogP contribution is 2.29. The number of alkyl halides is 2. The second-order valence-corrected chi connectivity index (χ2v) is 8.39. The van der Waals surface area contributed by atoms with Crippen LogP contribution in [0.2, 0.25) is 0 Å². The van der Waals surface area contributed by atoms with Crippen molar-refractivity contribution in [2.75, 3.05) is 26.2 Å². The molecule has 170 valence electrons. The molecule has 1 aromatic rings. The predicted octanol–water partition coefficient (Wildman–Crippen LogP) is 4.25. The van der Waals surface area contributed by atoms with Crippen LogP contribution in [0.4, 0.5) is 8.78 Å². The van der Waals surface area contributed by atoms with Gasteiger partial charge in [0.05, 0.1) is 19.1 Å². The van der Waals surface area contributed by atoms with Gasteiger partial charge in [-0.3, -0.25) is 9.69 Å². The fourth-order valence-electron chi connectivity index (χ4n) is 4.37. The summed E-state index contributed by atoms with van der Waals surface area (Å²) in [6, 6.07) is 7.94. The fraction of sp³-hybridized carbons (Fsp3) is 0.400. The first-order valence-corrected chi connectivity index (χ1v) is 11.0. The lowest BCUT2D eigenvalue weighted by Gasteiger charge is -2.37. The molecular weight excluding hydrogens is 414 g/mol. The molecule has 4 rings (SSSR count). The van der Waals surface area contributed by atoms with Crippen molar-refractivity contribution in [1.82, 2.24) is 10.2 Å². The molecule has 1 aromatic carbocycles. The smallest absolute Gasteiger partial charge is 0.304 e. The summed E-state index contributed by atoms with van der Waals surface area (Å²) in [6.45, 7) is 2.46. The van der Waals surface area contributed by atoms with Crippen LogP contribution in [0.15, 0.2) is 65.8 Å². The lowest BCUT2D eigenvalue weighted by Crippen LogP contribution is -2.45. The van der Waals surface area contributed by atoms with Crippen LogP contribution in [0, 0.1) is 5.92 Å². The number of allylic oxidation sites excluding steroid dienone is 5. The van der Waals surface area contributed by atoms with Gasteiger partial charge in [0.1, 0.15) is 5.75 Å². The van der Waals surface area contributed by atoms with Gasteiger partial charge in [-0.25, -0.2) is 8.78 Å². The Morgan fingerprint density at radius 1 is 1.22 bits per heavy atom. The number of nitrogens with one attached hydrogen (secondary N) is 1. The van der Waals surface area contributed by atoms with Crippen molar-refractivity contribution in [2.45, 2.75) is 31.7 Å². The third-order valence-electron chi connectivity index (χ3n) is 6.21. The number of rotatable bonds is 8. The van der Waals surface area contributed by atoms with Crippen molar-refractivity contribution in [1.29, 1.82) is 0 Å². The van der Waals surface area contributed by atoms with Crippen LogP contribution in [-0.4, -0.2) is 54.7 Å².